The highest BCUT2D eigenvalue weighted by Gasteiger charge is 2.30. The summed E-state index contributed by atoms with van der Waals surface area (Å²) in [5.74, 6) is 0.563. The fourth-order valence-corrected chi connectivity index (χ4v) is 5.11. The molecule has 0 aliphatic heterocycles. The molecule has 0 saturated carbocycles. The molecular formula is C28H29Cl3N2O2S. The summed E-state index contributed by atoms with van der Waals surface area (Å²) >= 11 is 19.9. The minimum atomic E-state index is -0.673. The van der Waals surface area contributed by atoms with E-state index >= 15 is 0 Å². The summed E-state index contributed by atoms with van der Waals surface area (Å²) in [6, 6.07) is 21.9. The van der Waals surface area contributed by atoms with Crippen molar-refractivity contribution in [1.82, 2.24) is 10.2 Å². The largest absolute Gasteiger partial charge is 0.354 e. The van der Waals surface area contributed by atoms with Crippen LogP contribution in [0.2, 0.25) is 15.1 Å². The van der Waals surface area contributed by atoms with Gasteiger partial charge in [0.2, 0.25) is 11.8 Å². The van der Waals surface area contributed by atoms with E-state index in [1.54, 1.807) is 17.0 Å². The Balaban J connectivity index is 1.85. The fourth-order valence-electron chi connectivity index (χ4n) is 3.72. The lowest BCUT2D eigenvalue weighted by atomic mass is 10.0. The molecule has 0 aliphatic rings. The predicted octanol–water partition coefficient (Wildman–Crippen LogP) is 7.05. The summed E-state index contributed by atoms with van der Waals surface area (Å²) in [4.78, 5) is 28.6. The summed E-state index contributed by atoms with van der Waals surface area (Å²) in [6.45, 7) is 2.78. The number of benzene rings is 3. The Labute approximate surface area is 232 Å². The molecule has 0 radical (unpaired) electrons. The molecule has 0 saturated heterocycles. The molecule has 0 aliphatic carbocycles. The molecule has 2 amide bonds. The highest BCUT2D eigenvalue weighted by Crippen LogP contribution is 2.25. The number of halogens is 3. The van der Waals surface area contributed by atoms with Crippen molar-refractivity contribution in [2.45, 2.75) is 38.1 Å². The Kier molecular flexibility index (Phi) is 11.5. The first-order valence-electron chi connectivity index (χ1n) is 11.7. The highest BCUT2D eigenvalue weighted by atomic mass is 35.5. The average molecular weight is 564 g/mol. The smallest absolute Gasteiger partial charge is 0.243 e. The van der Waals surface area contributed by atoms with Crippen LogP contribution in [-0.4, -0.2) is 35.1 Å². The number of carbonyl (C=O) groups excluding carboxylic acids is 2. The van der Waals surface area contributed by atoms with E-state index in [4.69, 9.17) is 34.8 Å². The Hall–Kier alpha value is -2.18. The van der Waals surface area contributed by atoms with Crippen molar-refractivity contribution in [3.05, 3.63) is 105 Å². The molecule has 8 heteroatoms. The number of hydrogen-bond acceptors (Lipinski definition) is 3. The molecule has 0 fully saturated rings. The zero-order valence-corrected chi connectivity index (χ0v) is 23.1. The van der Waals surface area contributed by atoms with E-state index in [0.29, 0.717) is 33.8 Å². The van der Waals surface area contributed by atoms with Crippen LogP contribution in [0.4, 0.5) is 0 Å². The zero-order valence-electron chi connectivity index (χ0n) is 20.1. The van der Waals surface area contributed by atoms with E-state index in [0.717, 1.165) is 23.1 Å². The average Bonchev–Trinajstić information content (AvgIpc) is 2.87. The molecule has 190 valence electrons. The molecule has 3 rings (SSSR count). The van der Waals surface area contributed by atoms with Gasteiger partial charge in [-0.05, 0) is 47.4 Å². The highest BCUT2D eigenvalue weighted by molar-refractivity contribution is 7.99. The third-order valence-corrected chi connectivity index (χ3v) is 7.50. The number of amides is 2. The van der Waals surface area contributed by atoms with Gasteiger partial charge in [0, 0.05) is 30.3 Å². The van der Waals surface area contributed by atoms with Gasteiger partial charge in [-0.1, -0.05) is 90.3 Å². The van der Waals surface area contributed by atoms with Gasteiger partial charge in [0.1, 0.15) is 6.04 Å². The molecular weight excluding hydrogens is 535 g/mol. The van der Waals surface area contributed by atoms with E-state index in [9.17, 15) is 9.59 Å². The number of nitrogens with one attached hydrogen (secondary N) is 1. The van der Waals surface area contributed by atoms with Gasteiger partial charge in [-0.15, -0.1) is 11.8 Å². The van der Waals surface area contributed by atoms with Crippen molar-refractivity contribution in [2.24, 2.45) is 0 Å². The summed E-state index contributed by atoms with van der Waals surface area (Å²) in [5, 5.41) is 4.49. The normalized spacial score (nSPS) is 11.7. The van der Waals surface area contributed by atoms with E-state index in [1.165, 1.54) is 11.8 Å². The van der Waals surface area contributed by atoms with Crippen molar-refractivity contribution in [1.29, 1.82) is 0 Å². The fraction of sp³-hybridized carbons (Fsp3) is 0.286. The van der Waals surface area contributed by atoms with Crippen LogP contribution < -0.4 is 5.32 Å². The maximum absolute atomic E-state index is 13.6. The van der Waals surface area contributed by atoms with Gasteiger partial charge in [0.05, 0.1) is 15.8 Å². The lowest BCUT2D eigenvalue weighted by molar-refractivity contribution is -0.139. The van der Waals surface area contributed by atoms with Crippen LogP contribution >= 0.6 is 46.6 Å². The minimum Gasteiger partial charge on any atom is -0.354 e. The second-order valence-corrected chi connectivity index (χ2v) is 10.6. The van der Waals surface area contributed by atoms with Crippen LogP contribution in [0, 0.1) is 0 Å². The number of nitrogens with zero attached hydrogens (tertiary/aromatic N) is 1. The number of hydrogen-bond donors (Lipinski definition) is 1. The maximum atomic E-state index is 13.6. The second kappa shape index (κ2) is 14.5. The lowest BCUT2D eigenvalue weighted by Crippen LogP contribution is -2.51. The van der Waals surface area contributed by atoms with Crippen LogP contribution in [0.1, 0.15) is 30.0 Å². The van der Waals surface area contributed by atoms with E-state index in [2.05, 4.69) is 5.32 Å². The summed E-state index contributed by atoms with van der Waals surface area (Å²) in [5.41, 5.74) is 2.82. The minimum absolute atomic E-state index is 0.124. The first kappa shape index (κ1) is 28.4. The van der Waals surface area contributed by atoms with Crippen LogP contribution in [-0.2, 0) is 28.3 Å². The van der Waals surface area contributed by atoms with E-state index in [-0.39, 0.29) is 24.1 Å². The second-order valence-electron chi connectivity index (χ2n) is 8.39. The third kappa shape index (κ3) is 8.74. The van der Waals surface area contributed by atoms with Gasteiger partial charge in [0.15, 0.2) is 0 Å². The summed E-state index contributed by atoms with van der Waals surface area (Å²) < 4.78 is 0. The first-order chi connectivity index (χ1) is 17.4. The summed E-state index contributed by atoms with van der Waals surface area (Å²) in [6.07, 6.45) is 1.21. The van der Waals surface area contributed by atoms with Crippen LogP contribution in [0.15, 0.2) is 72.8 Å². The lowest BCUT2D eigenvalue weighted by Gasteiger charge is -2.31. The molecule has 36 heavy (non-hydrogen) atoms. The standard InChI is InChI=1S/C28H29Cl3N2O2S/c1-2-13-32-28(35)26(16-20-7-4-3-5-8-20)33(17-21-11-12-24(30)25(31)15-21)27(34)19-36-18-22-9-6-10-23(29)14-22/h3-12,14-15,26H,2,13,16-19H2,1H3,(H,32,35)/t26-/m1/s1. The van der Waals surface area contributed by atoms with Gasteiger partial charge < -0.3 is 10.2 Å². The zero-order chi connectivity index (χ0) is 25.9. The Morgan fingerprint density at radius 2 is 1.64 bits per heavy atom. The van der Waals surface area contributed by atoms with Gasteiger partial charge in [0.25, 0.3) is 0 Å². The molecule has 1 atom stereocenters. The molecule has 0 unspecified atom stereocenters. The monoisotopic (exact) mass is 562 g/mol. The molecule has 0 heterocycles. The topological polar surface area (TPSA) is 49.4 Å². The van der Waals surface area contributed by atoms with Crippen molar-refractivity contribution in [2.75, 3.05) is 12.3 Å². The SMILES string of the molecule is CCCNC(=O)[C@@H](Cc1ccccc1)N(Cc1ccc(Cl)c(Cl)c1)C(=O)CSCc1cccc(Cl)c1. The molecule has 4 nitrogen and oxygen atoms in total. The van der Waals surface area contributed by atoms with Gasteiger partial charge in [-0.25, -0.2) is 0 Å². The van der Waals surface area contributed by atoms with Crippen molar-refractivity contribution in [3.8, 4) is 0 Å². The van der Waals surface area contributed by atoms with Crippen LogP contribution in [0.25, 0.3) is 0 Å². The molecule has 3 aromatic carbocycles. The molecule has 0 bridgehead atoms. The Morgan fingerprint density at radius 1 is 0.889 bits per heavy atom. The molecule has 0 aromatic heterocycles. The van der Waals surface area contributed by atoms with Crippen molar-refractivity contribution in [3.63, 3.8) is 0 Å². The van der Waals surface area contributed by atoms with Crippen LogP contribution in [0.3, 0.4) is 0 Å². The van der Waals surface area contributed by atoms with Crippen LogP contribution in [0.5, 0.6) is 0 Å². The molecule has 3 aromatic rings. The summed E-state index contributed by atoms with van der Waals surface area (Å²) in [7, 11) is 0. The van der Waals surface area contributed by atoms with E-state index in [1.807, 2.05) is 67.6 Å². The molecule has 1 N–H and O–H groups in total. The number of thioether (sulfide) groups is 1. The quantitative estimate of drug-likeness (QED) is 0.257. The third-order valence-electron chi connectivity index (χ3n) is 5.54. The van der Waals surface area contributed by atoms with Crippen molar-refractivity contribution < 1.29 is 9.59 Å². The van der Waals surface area contributed by atoms with Crippen molar-refractivity contribution >= 4 is 58.4 Å². The number of carbonyl (C=O) groups is 2. The van der Waals surface area contributed by atoms with Gasteiger partial charge in [-0.3, -0.25) is 9.59 Å². The van der Waals surface area contributed by atoms with Gasteiger partial charge in [-0.2, -0.15) is 0 Å². The predicted molar refractivity (Wildman–Crippen MR) is 152 cm³/mol. The Bertz CT molecular complexity index is 1160. The Morgan fingerprint density at radius 3 is 2.33 bits per heavy atom. The first-order valence-corrected chi connectivity index (χ1v) is 14.0. The molecule has 0 spiro atoms. The van der Waals surface area contributed by atoms with E-state index < -0.39 is 6.04 Å². The van der Waals surface area contributed by atoms with Gasteiger partial charge >= 0.3 is 0 Å². The maximum Gasteiger partial charge on any atom is 0.243 e. The number of rotatable bonds is 12.